The molecule has 0 saturated carbocycles. The Labute approximate surface area is 103 Å². The molecule has 0 radical (unpaired) electrons. The molecule has 3 N–H and O–H groups in total. The van der Waals surface area contributed by atoms with E-state index in [9.17, 15) is 4.79 Å². The molecule has 0 bridgehead atoms. The van der Waals surface area contributed by atoms with Gasteiger partial charge in [0.15, 0.2) is 0 Å². The van der Waals surface area contributed by atoms with Crippen LogP contribution in [0.5, 0.6) is 0 Å². The maximum atomic E-state index is 11.8. The monoisotopic (exact) mass is 235 g/mol. The van der Waals surface area contributed by atoms with E-state index in [1.165, 1.54) is 0 Å². The topological polar surface area (TPSA) is 58.4 Å². The maximum Gasteiger partial charge on any atom is 0.238 e. The van der Waals surface area contributed by atoms with E-state index in [0.29, 0.717) is 24.0 Å². The Hall–Kier alpha value is -1.55. The first kappa shape index (κ1) is 13.5. The van der Waals surface area contributed by atoms with Crippen molar-refractivity contribution in [2.24, 2.45) is 0 Å². The zero-order chi connectivity index (χ0) is 12.8. The molecular formula is C13H21N3O. The zero-order valence-electron chi connectivity index (χ0n) is 10.7. The molecule has 1 atom stereocenters. The summed E-state index contributed by atoms with van der Waals surface area (Å²) in [7, 11) is 1.95. The van der Waals surface area contributed by atoms with Crippen molar-refractivity contribution >= 4 is 17.3 Å². The Morgan fingerprint density at radius 3 is 2.71 bits per heavy atom. The molecular weight excluding hydrogens is 214 g/mol. The molecule has 0 aliphatic heterocycles. The number of carbonyl (C=O) groups excluding carboxylic acids is 1. The molecule has 0 saturated heterocycles. The first-order chi connectivity index (χ1) is 8.04. The Morgan fingerprint density at radius 1 is 1.47 bits per heavy atom. The second-order valence-corrected chi connectivity index (χ2v) is 4.31. The van der Waals surface area contributed by atoms with Gasteiger partial charge >= 0.3 is 0 Å². The average molecular weight is 235 g/mol. The molecule has 0 fully saturated rings. The number of para-hydroxylation sites is 2. The second kappa shape index (κ2) is 6.25. The summed E-state index contributed by atoms with van der Waals surface area (Å²) in [4.78, 5) is 13.8. The lowest BCUT2D eigenvalue weighted by Crippen LogP contribution is -2.36. The molecule has 0 aliphatic rings. The summed E-state index contributed by atoms with van der Waals surface area (Å²) in [6.07, 6.45) is 1.03. The lowest BCUT2D eigenvalue weighted by Gasteiger charge is -2.22. The van der Waals surface area contributed by atoms with E-state index in [1.54, 1.807) is 12.1 Å². The molecule has 0 heterocycles. The standard InChI is InChI=1S/C13H21N3O/c1-4-10(2)16(3)9-13(17)15-12-8-6-5-7-11(12)14/h5-8,10H,4,9,14H2,1-3H3,(H,15,17). The van der Waals surface area contributed by atoms with Gasteiger partial charge in [-0.15, -0.1) is 0 Å². The summed E-state index contributed by atoms with van der Waals surface area (Å²) < 4.78 is 0. The Morgan fingerprint density at radius 2 is 2.12 bits per heavy atom. The van der Waals surface area contributed by atoms with Gasteiger partial charge in [-0.2, -0.15) is 0 Å². The van der Waals surface area contributed by atoms with Crippen LogP contribution in [0.25, 0.3) is 0 Å². The van der Waals surface area contributed by atoms with Crippen LogP contribution >= 0.6 is 0 Å². The number of anilines is 2. The van der Waals surface area contributed by atoms with Crippen molar-refractivity contribution < 1.29 is 4.79 Å². The molecule has 1 rings (SSSR count). The number of carbonyl (C=O) groups is 1. The second-order valence-electron chi connectivity index (χ2n) is 4.31. The Bertz CT molecular complexity index is 379. The molecule has 1 amide bonds. The Kier molecular flexibility index (Phi) is 4.97. The number of nitrogen functional groups attached to an aromatic ring is 1. The largest absolute Gasteiger partial charge is 0.397 e. The van der Waals surface area contributed by atoms with Gasteiger partial charge in [0.2, 0.25) is 5.91 Å². The van der Waals surface area contributed by atoms with E-state index in [-0.39, 0.29) is 5.91 Å². The molecule has 4 heteroatoms. The van der Waals surface area contributed by atoms with Crippen molar-refractivity contribution in [2.75, 3.05) is 24.6 Å². The summed E-state index contributed by atoms with van der Waals surface area (Å²) in [5.74, 6) is -0.0364. The summed E-state index contributed by atoms with van der Waals surface area (Å²) in [6.45, 7) is 4.59. The number of nitrogens with zero attached hydrogens (tertiary/aromatic N) is 1. The van der Waals surface area contributed by atoms with Gasteiger partial charge in [-0.3, -0.25) is 9.69 Å². The zero-order valence-corrected chi connectivity index (χ0v) is 10.7. The first-order valence-corrected chi connectivity index (χ1v) is 5.89. The highest BCUT2D eigenvalue weighted by Crippen LogP contribution is 2.16. The molecule has 0 aliphatic carbocycles. The van der Waals surface area contributed by atoms with Crippen LogP contribution in [0.4, 0.5) is 11.4 Å². The fourth-order valence-corrected chi connectivity index (χ4v) is 1.49. The Balaban J connectivity index is 2.53. The van der Waals surface area contributed by atoms with Crippen molar-refractivity contribution in [3.05, 3.63) is 24.3 Å². The van der Waals surface area contributed by atoms with Crippen LogP contribution < -0.4 is 11.1 Å². The van der Waals surface area contributed by atoms with E-state index in [1.807, 2.05) is 24.1 Å². The molecule has 0 aromatic heterocycles. The first-order valence-electron chi connectivity index (χ1n) is 5.89. The predicted molar refractivity (Wildman–Crippen MR) is 71.9 cm³/mol. The number of hydrogen-bond acceptors (Lipinski definition) is 3. The highest BCUT2D eigenvalue weighted by atomic mass is 16.2. The molecule has 1 aromatic carbocycles. The van der Waals surface area contributed by atoms with Crippen LogP contribution in [0.2, 0.25) is 0 Å². The number of benzene rings is 1. The van der Waals surface area contributed by atoms with E-state index < -0.39 is 0 Å². The summed E-state index contributed by atoms with van der Waals surface area (Å²) in [5.41, 5.74) is 7.02. The normalized spacial score (nSPS) is 12.5. The third-order valence-corrected chi connectivity index (χ3v) is 2.97. The fourth-order valence-electron chi connectivity index (χ4n) is 1.49. The number of rotatable bonds is 5. The third kappa shape index (κ3) is 4.07. The van der Waals surface area contributed by atoms with Gasteiger partial charge in [0.1, 0.15) is 0 Å². The number of likely N-dealkylation sites (N-methyl/N-ethyl adjacent to an activating group) is 1. The smallest absolute Gasteiger partial charge is 0.238 e. The van der Waals surface area contributed by atoms with Crippen molar-refractivity contribution in [1.29, 1.82) is 0 Å². The van der Waals surface area contributed by atoms with Gasteiger partial charge in [-0.05, 0) is 32.5 Å². The predicted octanol–water partition coefficient (Wildman–Crippen LogP) is 1.94. The number of nitrogens with one attached hydrogen (secondary N) is 1. The molecule has 17 heavy (non-hydrogen) atoms. The number of hydrogen-bond donors (Lipinski definition) is 2. The third-order valence-electron chi connectivity index (χ3n) is 2.97. The molecule has 4 nitrogen and oxygen atoms in total. The van der Waals surface area contributed by atoms with Gasteiger partial charge in [0, 0.05) is 6.04 Å². The van der Waals surface area contributed by atoms with Crippen LogP contribution in [0.3, 0.4) is 0 Å². The van der Waals surface area contributed by atoms with Gasteiger partial charge in [-0.1, -0.05) is 19.1 Å². The average Bonchev–Trinajstić information content (AvgIpc) is 2.31. The summed E-state index contributed by atoms with van der Waals surface area (Å²) in [6, 6.07) is 7.67. The van der Waals surface area contributed by atoms with E-state index >= 15 is 0 Å². The SMILES string of the molecule is CCC(C)N(C)CC(=O)Nc1ccccc1N. The number of nitrogens with two attached hydrogens (primary N) is 1. The summed E-state index contributed by atoms with van der Waals surface area (Å²) >= 11 is 0. The van der Waals surface area contributed by atoms with Gasteiger partial charge < -0.3 is 11.1 Å². The summed E-state index contributed by atoms with van der Waals surface area (Å²) in [5, 5.41) is 2.81. The van der Waals surface area contributed by atoms with Gasteiger partial charge in [0.05, 0.1) is 17.9 Å². The molecule has 94 valence electrons. The number of amides is 1. The lowest BCUT2D eigenvalue weighted by molar-refractivity contribution is -0.117. The van der Waals surface area contributed by atoms with Crippen LogP contribution in [0.1, 0.15) is 20.3 Å². The fraction of sp³-hybridized carbons (Fsp3) is 0.462. The minimum Gasteiger partial charge on any atom is -0.397 e. The van der Waals surface area contributed by atoms with Gasteiger partial charge in [0.25, 0.3) is 0 Å². The molecule has 1 unspecified atom stereocenters. The minimum atomic E-state index is -0.0364. The van der Waals surface area contributed by atoms with Crippen LogP contribution in [-0.4, -0.2) is 30.4 Å². The lowest BCUT2D eigenvalue weighted by atomic mass is 10.2. The van der Waals surface area contributed by atoms with Crippen molar-refractivity contribution in [3.63, 3.8) is 0 Å². The highest BCUT2D eigenvalue weighted by Gasteiger charge is 2.12. The van der Waals surface area contributed by atoms with E-state index in [4.69, 9.17) is 5.73 Å². The van der Waals surface area contributed by atoms with Crippen LogP contribution in [0, 0.1) is 0 Å². The maximum absolute atomic E-state index is 11.8. The van der Waals surface area contributed by atoms with Crippen molar-refractivity contribution in [3.8, 4) is 0 Å². The molecule has 1 aromatic rings. The van der Waals surface area contributed by atoms with E-state index in [2.05, 4.69) is 19.2 Å². The van der Waals surface area contributed by atoms with Crippen LogP contribution in [-0.2, 0) is 4.79 Å². The van der Waals surface area contributed by atoms with Crippen LogP contribution in [0.15, 0.2) is 24.3 Å². The minimum absolute atomic E-state index is 0.0364. The quantitative estimate of drug-likeness (QED) is 0.767. The van der Waals surface area contributed by atoms with Crippen molar-refractivity contribution in [2.45, 2.75) is 26.3 Å². The van der Waals surface area contributed by atoms with E-state index in [0.717, 1.165) is 6.42 Å². The van der Waals surface area contributed by atoms with Gasteiger partial charge in [-0.25, -0.2) is 0 Å². The molecule has 0 spiro atoms. The highest BCUT2D eigenvalue weighted by molar-refractivity contribution is 5.95. The van der Waals surface area contributed by atoms with Crippen molar-refractivity contribution in [1.82, 2.24) is 4.90 Å².